The monoisotopic (exact) mass is 314 g/mol. The maximum absolute atomic E-state index is 12.8. The molecule has 0 spiro atoms. The van der Waals surface area contributed by atoms with Crippen molar-refractivity contribution in [2.24, 2.45) is 11.3 Å². The van der Waals surface area contributed by atoms with Crippen molar-refractivity contribution in [3.8, 4) is 5.75 Å². The van der Waals surface area contributed by atoms with Crippen molar-refractivity contribution in [3.05, 3.63) is 41.5 Å². The third kappa shape index (κ3) is 1.50. The minimum absolute atomic E-state index is 0.122. The van der Waals surface area contributed by atoms with Gasteiger partial charge in [0.2, 0.25) is 0 Å². The summed E-state index contributed by atoms with van der Waals surface area (Å²) in [7, 11) is 2.74. The number of benzene rings is 1. The molecule has 0 radical (unpaired) electrons. The fourth-order valence-corrected chi connectivity index (χ4v) is 3.99. The highest BCUT2D eigenvalue weighted by molar-refractivity contribution is 6.12. The van der Waals surface area contributed by atoms with Crippen LogP contribution in [0.2, 0.25) is 0 Å². The largest absolute Gasteiger partial charge is 0.497 e. The molecule has 4 atom stereocenters. The lowest BCUT2D eigenvalue weighted by Gasteiger charge is -2.45. The van der Waals surface area contributed by atoms with Gasteiger partial charge >= 0.3 is 11.9 Å². The first-order chi connectivity index (χ1) is 11.0. The molecular weight excluding hydrogens is 300 g/mol. The molecule has 2 aliphatic carbocycles. The standard InChI is InChI=1S/C17H14O6/c1-21-8-3-4-9-10(7-8)13-12(14(9)18)11-5-6-17(13,15(19)22-2)16(20)23-11/h3-7,11-13H,1-2H3/t11-,12+,13+,17+/m1/s1. The average Bonchev–Trinajstić information content (AvgIpc) is 2.89. The van der Waals surface area contributed by atoms with E-state index in [2.05, 4.69) is 0 Å². The van der Waals surface area contributed by atoms with Crippen molar-refractivity contribution in [1.29, 1.82) is 0 Å². The minimum atomic E-state index is -1.61. The van der Waals surface area contributed by atoms with Gasteiger partial charge in [-0.05, 0) is 29.8 Å². The average molecular weight is 314 g/mol. The molecule has 23 heavy (non-hydrogen) atoms. The topological polar surface area (TPSA) is 78.9 Å². The van der Waals surface area contributed by atoms with E-state index in [1.54, 1.807) is 24.3 Å². The number of carbonyl (C=O) groups is 3. The lowest BCUT2D eigenvalue weighted by molar-refractivity contribution is -0.183. The maximum Gasteiger partial charge on any atom is 0.328 e. The summed E-state index contributed by atoms with van der Waals surface area (Å²) in [6.07, 6.45) is 2.49. The quantitative estimate of drug-likeness (QED) is 0.464. The van der Waals surface area contributed by atoms with Crippen molar-refractivity contribution in [2.45, 2.75) is 12.0 Å². The summed E-state index contributed by atoms with van der Waals surface area (Å²) in [6.45, 7) is 0. The smallest absolute Gasteiger partial charge is 0.328 e. The van der Waals surface area contributed by atoms with Crippen LogP contribution in [0.3, 0.4) is 0 Å². The van der Waals surface area contributed by atoms with Gasteiger partial charge in [0, 0.05) is 11.5 Å². The van der Waals surface area contributed by atoms with Gasteiger partial charge in [-0.15, -0.1) is 0 Å². The fraction of sp³-hybridized carbons (Fsp3) is 0.353. The summed E-state index contributed by atoms with van der Waals surface area (Å²) >= 11 is 0. The molecule has 118 valence electrons. The van der Waals surface area contributed by atoms with Gasteiger partial charge in [-0.2, -0.15) is 0 Å². The van der Waals surface area contributed by atoms with E-state index in [1.807, 2.05) is 0 Å². The number of ketones is 1. The molecule has 6 nitrogen and oxygen atoms in total. The van der Waals surface area contributed by atoms with Gasteiger partial charge in [0.05, 0.1) is 20.1 Å². The van der Waals surface area contributed by atoms with Crippen molar-refractivity contribution < 1.29 is 28.6 Å². The van der Waals surface area contributed by atoms with Crippen LogP contribution in [-0.4, -0.2) is 38.0 Å². The number of Topliss-reactive ketones (excluding diaryl/α,β-unsaturated/α-hetero) is 1. The van der Waals surface area contributed by atoms with E-state index < -0.39 is 35.3 Å². The van der Waals surface area contributed by atoms with Gasteiger partial charge < -0.3 is 14.2 Å². The zero-order valence-electron chi connectivity index (χ0n) is 12.6. The summed E-state index contributed by atoms with van der Waals surface area (Å²) in [4.78, 5) is 37.7. The van der Waals surface area contributed by atoms with Crippen molar-refractivity contribution in [3.63, 3.8) is 0 Å². The van der Waals surface area contributed by atoms with E-state index in [1.165, 1.54) is 20.3 Å². The third-order valence-corrected chi connectivity index (χ3v) is 5.02. The normalized spacial score (nSPS) is 33.0. The molecule has 1 fully saturated rings. The predicted molar refractivity (Wildman–Crippen MR) is 77.0 cm³/mol. The van der Waals surface area contributed by atoms with Crippen LogP contribution in [0, 0.1) is 11.3 Å². The SMILES string of the molecule is COC(=O)[C@@]12C=C[C@@H](OC1=O)[C@@H]1C(=O)c3ccc(OC)cc3[C@@H]12. The van der Waals surface area contributed by atoms with Crippen LogP contribution >= 0.6 is 0 Å². The summed E-state index contributed by atoms with van der Waals surface area (Å²) in [5.41, 5.74) is -0.474. The number of carbonyl (C=O) groups excluding carboxylic acids is 3. The molecule has 2 heterocycles. The van der Waals surface area contributed by atoms with E-state index in [9.17, 15) is 14.4 Å². The van der Waals surface area contributed by atoms with E-state index >= 15 is 0 Å². The lowest BCUT2D eigenvalue weighted by Crippen LogP contribution is -2.57. The van der Waals surface area contributed by atoms with E-state index in [0.717, 1.165) is 0 Å². The molecular formula is C17H14O6. The number of fused-ring (bicyclic) bond motifs is 2. The number of hydrogen-bond acceptors (Lipinski definition) is 6. The summed E-state index contributed by atoms with van der Waals surface area (Å²) in [5, 5.41) is 0. The summed E-state index contributed by atoms with van der Waals surface area (Å²) in [6, 6.07) is 5.07. The van der Waals surface area contributed by atoms with Crippen LogP contribution in [0.4, 0.5) is 0 Å². The molecule has 2 bridgehead atoms. The molecule has 0 N–H and O–H groups in total. The highest BCUT2D eigenvalue weighted by Gasteiger charge is 2.68. The Bertz CT molecular complexity index is 779. The lowest BCUT2D eigenvalue weighted by atomic mass is 9.62. The van der Waals surface area contributed by atoms with Crippen LogP contribution in [-0.2, 0) is 19.1 Å². The van der Waals surface area contributed by atoms with Gasteiger partial charge in [-0.3, -0.25) is 14.4 Å². The Balaban J connectivity index is 1.98. The van der Waals surface area contributed by atoms with Crippen LogP contribution in [0.25, 0.3) is 0 Å². The van der Waals surface area contributed by atoms with Crippen LogP contribution in [0.1, 0.15) is 21.8 Å². The Morgan fingerprint density at radius 3 is 2.70 bits per heavy atom. The second-order valence-electron chi connectivity index (χ2n) is 5.91. The molecule has 1 aromatic rings. The highest BCUT2D eigenvalue weighted by Crippen LogP contribution is 2.58. The molecule has 4 aliphatic rings. The third-order valence-electron chi connectivity index (χ3n) is 5.02. The molecule has 0 amide bonds. The Hall–Kier alpha value is -2.63. The summed E-state index contributed by atoms with van der Waals surface area (Å²) < 4.78 is 15.4. The molecule has 5 rings (SSSR count). The first-order valence-electron chi connectivity index (χ1n) is 7.25. The van der Waals surface area contributed by atoms with E-state index in [-0.39, 0.29) is 5.78 Å². The number of ether oxygens (including phenoxy) is 3. The molecule has 0 aromatic heterocycles. The maximum atomic E-state index is 12.8. The highest BCUT2D eigenvalue weighted by atomic mass is 16.6. The van der Waals surface area contributed by atoms with E-state index in [0.29, 0.717) is 16.9 Å². The molecule has 1 aromatic carbocycles. The Labute approximate surface area is 132 Å². The van der Waals surface area contributed by atoms with Crippen LogP contribution in [0.15, 0.2) is 30.4 Å². The molecule has 0 unspecified atom stereocenters. The number of hydrogen-bond donors (Lipinski definition) is 0. The van der Waals surface area contributed by atoms with E-state index in [4.69, 9.17) is 14.2 Å². The van der Waals surface area contributed by atoms with Gasteiger partial charge in [0.15, 0.2) is 11.2 Å². The van der Waals surface area contributed by atoms with Gasteiger partial charge in [-0.1, -0.05) is 6.08 Å². The Morgan fingerprint density at radius 1 is 1.26 bits per heavy atom. The zero-order chi connectivity index (χ0) is 16.4. The second-order valence-corrected chi connectivity index (χ2v) is 5.91. The Kier molecular flexibility index (Phi) is 2.70. The molecule has 2 aliphatic heterocycles. The van der Waals surface area contributed by atoms with Gasteiger partial charge in [0.1, 0.15) is 11.9 Å². The number of methoxy groups -OCH3 is 2. The number of esters is 2. The second kappa shape index (κ2) is 4.44. The van der Waals surface area contributed by atoms with Gasteiger partial charge in [-0.25, -0.2) is 0 Å². The minimum Gasteiger partial charge on any atom is -0.497 e. The van der Waals surface area contributed by atoms with Crippen LogP contribution in [0.5, 0.6) is 5.75 Å². The fourth-order valence-electron chi connectivity index (χ4n) is 3.99. The Morgan fingerprint density at radius 2 is 2.04 bits per heavy atom. The van der Waals surface area contributed by atoms with Crippen LogP contribution < -0.4 is 4.74 Å². The first kappa shape index (κ1) is 14.0. The van der Waals surface area contributed by atoms with Gasteiger partial charge in [0.25, 0.3) is 0 Å². The molecule has 0 saturated carbocycles. The van der Waals surface area contributed by atoms with Crippen molar-refractivity contribution in [2.75, 3.05) is 14.2 Å². The van der Waals surface area contributed by atoms with Crippen molar-refractivity contribution >= 4 is 17.7 Å². The van der Waals surface area contributed by atoms with Crippen molar-refractivity contribution in [1.82, 2.24) is 0 Å². The number of rotatable bonds is 2. The first-order valence-corrected chi connectivity index (χ1v) is 7.25. The summed E-state index contributed by atoms with van der Waals surface area (Å²) in [5.74, 6) is -2.15. The molecule has 6 heteroatoms. The molecule has 1 saturated heterocycles. The predicted octanol–water partition coefficient (Wildman–Crippen LogP) is 1.25. The zero-order valence-corrected chi connectivity index (χ0v) is 12.6.